The van der Waals surface area contributed by atoms with Crippen LogP contribution in [0.25, 0.3) is 0 Å². The van der Waals surface area contributed by atoms with Crippen LogP contribution in [0.2, 0.25) is 0 Å². The third kappa shape index (κ3) is 3.98. The Morgan fingerprint density at radius 3 is 2.22 bits per heavy atom. The van der Waals surface area contributed by atoms with Crippen LogP contribution in [0.15, 0.2) is 0 Å². The van der Waals surface area contributed by atoms with Gasteiger partial charge in [-0.05, 0) is 55.8 Å². The summed E-state index contributed by atoms with van der Waals surface area (Å²) >= 11 is 0. The highest BCUT2D eigenvalue weighted by Crippen LogP contribution is 2.36. The quantitative estimate of drug-likeness (QED) is 0.762. The molecule has 2 rings (SSSR count). The van der Waals surface area contributed by atoms with Gasteiger partial charge in [0, 0.05) is 12.1 Å². The molecule has 1 nitrogen and oxygen atoms in total. The molecule has 2 aliphatic carbocycles. The van der Waals surface area contributed by atoms with Crippen molar-refractivity contribution in [3.05, 3.63) is 0 Å². The Labute approximate surface area is 114 Å². The van der Waals surface area contributed by atoms with Crippen molar-refractivity contribution in [3.63, 3.8) is 0 Å². The van der Waals surface area contributed by atoms with Crippen LogP contribution in [0.4, 0.5) is 0 Å². The van der Waals surface area contributed by atoms with Gasteiger partial charge in [-0.2, -0.15) is 0 Å². The first kappa shape index (κ1) is 14.4. The summed E-state index contributed by atoms with van der Waals surface area (Å²) in [4.78, 5) is 0. The van der Waals surface area contributed by atoms with Crippen LogP contribution in [0, 0.1) is 17.3 Å². The second-order valence-corrected chi connectivity index (χ2v) is 7.97. The monoisotopic (exact) mass is 251 g/mol. The maximum atomic E-state index is 3.98. The lowest BCUT2D eigenvalue weighted by atomic mass is 9.74. The van der Waals surface area contributed by atoms with Crippen molar-refractivity contribution < 1.29 is 0 Å². The van der Waals surface area contributed by atoms with Gasteiger partial charge in [0.1, 0.15) is 0 Å². The van der Waals surface area contributed by atoms with Gasteiger partial charge in [-0.3, -0.25) is 0 Å². The number of nitrogens with one attached hydrogen (secondary N) is 1. The zero-order valence-electron chi connectivity index (χ0n) is 13.0. The van der Waals surface area contributed by atoms with E-state index < -0.39 is 0 Å². The van der Waals surface area contributed by atoms with E-state index in [1.807, 2.05) is 0 Å². The Balaban J connectivity index is 1.76. The van der Waals surface area contributed by atoms with Crippen molar-refractivity contribution in [1.29, 1.82) is 0 Å². The fourth-order valence-electron chi connectivity index (χ4n) is 3.88. The van der Waals surface area contributed by atoms with Gasteiger partial charge >= 0.3 is 0 Å². The van der Waals surface area contributed by atoms with Crippen LogP contribution >= 0.6 is 0 Å². The van der Waals surface area contributed by atoms with E-state index in [2.05, 4.69) is 33.0 Å². The molecule has 1 heteroatoms. The van der Waals surface area contributed by atoms with Gasteiger partial charge in [-0.25, -0.2) is 0 Å². The van der Waals surface area contributed by atoms with Crippen molar-refractivity contribution in [1.82, 2.24) is 5.32 Å². The Morgan fingerprint density at radius 2 is 1.61 bits per heavy atom. The maximum Gasteiger partial charge on any atom is 0.00723 e. The molecule has 0 saturated heterocycles. The van der Waals surface area contributed by atoms with E-state index in [4.69, 9.17) is 0 Å². The SMILES string of the molecule is CC(C)C1CCCC(NC2CCC(C)(C)CC2)C1. The Hall–Kier alpha value is -0.0400. The molecular weight excluding hydrogens is 218 g/mol. The summed E-state index contributed by atoms with van der Waals surface area (Å²) in [5.74, 6) is 1.84. The van der Waals surface area contributed by atoms with Gasteiger partial charge in [-0.15, -0.1) is 0 Å². The van der Waals surface area contributed by atoms with Crippen molar-refractivity contribution in [2.24, 2.45) is 17.3 Å². The van der Waals surface area contributed by atoms with Crippen LogP contribution in [-0.4, -0.2) is 12.1 Å². The molecule has 0 aromatic carbocycles. The molecule has 0 bridgehead atoms. The molecule has 2 aliphatic rings. The van der Waals surface area contributed by atoms with Crippen molar-refractivity contribution in [3.8, 4) is 0 Å². The first-order chi connectivity index (χ1) is 8.46. The van der Waals surface area contributed by atoms with E-state index in [1.54, 1.807) is 0 Å². The van der Waals surface area contributed by atoms with Crippen molar-refractivity contribution >= 4 is 0 Å². The molecule has 0 spiro atoms. The average Bonchev–Trinajstić information content (AvgIpc) is 2.32. The molecule has 0 aromatic heterocycles. The Kier molecular flexibility index (Phi) is 4.75. The van der Waals surface area contributed by atoms with Gasteiger partial charge in [0.15, 0.2) is 0 Å². The third-order valence-electron chi connectivity index (χ3n) is 5.47. The summed E-state index contributed by atoms with van der Waals surface area (Å²) in [6.45, 7) is 9.66. The zero-order chi connectivity index (χ0) is 13.2. The summed E-state index contributed by atoms with van der Waals surface area (Å²) in [6.07, 6.45) is 11.4. The predicted octanol–water partition coefficient (Wildman–Crippen LogP) is 4.76. The van der Waals surface area contributed by atoms with E-state index in [-0.39, 0.29) is 0 Å². The average molecular weight is 251 g/mol. The van der Waals surface area contributed by atoms with Crippen molar-refractivity contribution in [2.75, 3.05) is 0 Å². The molecule has 2 unspecified atom stereocenters. The van der Waals surface area contributed by atoms with Gasteiger partial charge in [-0.1, -0.05) is 40.5 Å². The molecule has 2 saturated carbocycles. The highest BCUT2D eigenvalue weighted by Gasteiger charge is 2.30. The lowest BCUT2D eigenvalue weighted by Gasteiger charge is -2.39. The summed E-state index contributed by atoms with van der Waals surface area (Å²) in [5, 5.41) is 3.98. The highest BCUT2D eigenvalue weighted by molar-refractivity contribution is 4.87. The van der Waals surface area contributed by atoms with E-state index in [9.17, 15) is 0 Å². The standard InChI is InChI=1S/C17H33N/c1-13(2)14-6-5-7-16(12-14)18-15-8-10-17(3,4)11-9-15/h13-16,18H,5-12H2,1-4H3. The fourth-order valence-corrected chi connectivity index (χ4v) is 3.88. The molecular formula is C17H33N. The predicted molar refractivity (Wildman–Crippen MR) is 79.8 cm³/mol. The second-order valence-electron chi connectivity index (χ2n) is 7.97. The van der Waals surface area contributed by atoms with Crippen LogP contribution < -0.4 is 5.32 Å². The Morgan fingerprint density at radius 1 is 0.944 bits per heavy atom. The maximum absolute atomic E-state index is 3.98. The smallest absolute Gasteiger partial charge is 0.00723 e. The topological polar surface area (TPSA) is 12.0 Å². The van der Waals surface area contributed by atoms with Crippen molar-refractivity contribution in [2.45, 2.75) is 91.1 Å². The zero-order valence-corrected chi connectivity index (χ0v) is 13.0. The third-order valence-corrected chi connectivity index (χ3v) is 5.47. The lowest BCUT2D eigenvalue weighted by Crippen LogP contribution is -2.44. The minimum absolute atomic E-state index is 0.602. The second kappa shape index (κ2) is 5.94. The molecule has 0 heterocycles. The first-order valence-electron chi connectivity index (χ1n) is 8.22. The molecule has 0 aromatic rings. The minimum atomic E-state index is 0.602. The van der Waals surface area contributed by atoms with Crippen LogP contribution in [0.1, 0.15) is 79.1 Å². The van der Waals surface area contributed by atoms with E-state index >= 15 is 0 Å². The number of rotatable bonds is 3. The van der Waals surface area contributed by atoms with Gasteiger partial charge < -0.3 is 5.32 Å². The van der Waals surface area contributed by atoms with E-state index in [0.29, 0.717) is 5.41 Å². The lowest BCUT2D eigenvalue weighted by molar-refractivity contribution is 0.170. The number of hydrogen-bond donors (Lipinski definition) is 1. The number of hydrogen-bond acceptors (Lipinski definition) is 1. The fraction of sp³-hybridized carbons (Fsp3) is 1.00. The van der Waals surface area contributed by atoms with E-state index in [1.165, 1.54) is 51.4 Å². The largest absolute Gasteiger partial charge is 0.311 e. The first-order valence-corrected chi connectivity index (χ1v) is 8.22. The van der Waals surface area contributed by atoms with Gasteiger partial charge in [0.25, 0.3) is 0 Å². The van der Waals surface area contributed by atoms with E-state index in [0.717, 1.165) is 23.9 Å². The summed E-state index contributed by atoms with van der Waals surface area (Å²) in [7, 11) is 0. The molecule has 1 N–H and O–H groups in total. The van der Waals surface area contributed by atoms with Gasteiger partial charge in [0.05, 0.1) is 0 Å². The highest BCUT2D eigenvalue weighted by atomic mass is 15.0. The molecule has 18 heavy (non-hydrogen) atoms. The molecule has 2 atom stereocenters. The van der Waals surface area contributed by atoms with Gasteiger partial charge in [0.2, 0.25) is 0 Å². The molecule has 2 fully saturated rings. The molecule has 0 aliphatic heterocycles. The summed E-state index contributed by atoms with van der Waals surface area (Å²) < 4.78 is 0. The minimum Gasteiger partial charge on any atom is -0.311 e. The summed E-state index contributed by atoms with van der Waals surface area (Å²) in [5.41, 5.74) is 0.602. The van der Waals surface area contributed by atoms with Crippen LogP contribution in [0.3, 0.4) is 0 Å². The molecule has 0 amide bonds. The summed E-state index contributed by atoms with van der Waals surface area (Å²) in [6, 6.07) is 1.63. The normalized spacial score (nSPS) is 33.8. The van der Waals surface area contributed by atoms with Crippen LogP contribution in [0.5, 0.6) is 0 Å². The molecule has 0 radical (unpaired) electrons. The molecule has 106 valence electrons. The van der Waals surface area contributed by atoms with Crippen LogP contribution in [-0.2, 0) is 0 Å². The Bertz CT molecular complexity index is 246.